The lowest BCUT2D eigenvalue weighted by atomic mass is 9.86. The second-order valence-corrected chi connectivity index (χ2v) is 20.7. The van der Waals surface area contributed by atoms with Gasteiger partial charge in [-0.25, -0.2) is 0 Å². The van der Waals surface area contributed by atoms with E-state index in [-0.39, 0.29) is 0 Å². The molecule has 0 spiro atoms. The average molecular weight is 981 g/mol. The maximum atomic E-state index is 6.59. The van der Waals surface area contributed by atoms with Gasteiger partial charge in [0.25, 0.3) is 0 Å². The molecule has 12 aromatic carbocycles. The van der Waals surface area contributed by atoms with Crippen LogP contribution in [0.15, 0.2) is 215 Å². The first kappa shape index (κ1) is 45.5. The van der Waals surface area contributed by atoms with Gasteiger partial charge in [-0.15, -0.1) is 0 Å². The second-order valence-electron chi connectivity index (χ2n) is 20.7. The predicted molar refractivity (Wildman–Crippen MR) is 323 cm³/mol. The topological polar surface area (TPSA) is 32.8 Å². The monoisotopic (exact) mass is 980 g/mol. The third kappa shape index (κ3) is 6.97. The highest BCUT2D eigenvalue weighted by Crippen LogP contribution is 2.52. The van der Waals surface area contributed by atoms with Gasteiger partial charge in [0.1, 0.15) is 22.3 Å². The summed E-state index contributed by atoms with van der Waals surface area (Å²) in [5, 5.41) is 12.2. The molecule has 0 saturated heterocycles. The van der Waals surface area contributed by atoms with Gasteiger partial charge in [-0.2, -0.15) is 0 Å². The van der Waals surface area contributed by atoms with E-state index in [0.717, 1.165) is 90.3 Å². The molecule has 2 heterocycles. The number of aryl methyl sites for hydroxylation is 6. The van der Waals surface area contributed by atoms with Crippen LogP contribution in [0.1, 0.15) is 47.2 Å². The number of furan rings is 2. The number of fused-ring (bicyclic) bond motifs is 6. The van der Waals surface area contributed by atoms with Gasteiger partial charge >= 0.3 is 0 Å². The zero-order chi connectivity index (χ0) is 51.3. The van der Waals surface area contributed by atoms with Crippen molar-refractivity contribution in [1.82, 2.24) is 0 Å². The number of benzene rings is 12. The highest BCUT2D eigenvalue weighted by molar-refractivity contribution is 6.29. The normalized spacial score (nSPS) is 11.9. The molecule has 0 fully saturated rings. The number of nitrogens with zero attached hydrogens (tertiary/aromatic N) is 2. The van der Waals surface area contributed by atoms with Crippen LogP contribution in [0.5, 0.6) is 0 Å². The number of hydrogen-bond donors (Lipinski definition) is 0. The van der Waals surface area contributed by atoms with E-state index < -0.39 is 0 Å². The molecule has 0 radical (unpaired) electrons. The van der Waals surface area contributed by atoms with Crippen molar-refractivity contribution in [2.45, 2.75) is 54.4 Å². The van der Waals surface area contributed by atoms with Gasteiger partial charge < -0.3 is 18.6 Å². The molecular weight excluding hydrogens is 925 g/mol. The zero-order valence-corrected chi connectivity index (χ0v) is 43.8. The Morgan fingerprint density at radius 3 is 1.08 bits per heavy atom. The van der Waals surface area contributed by atoms with Crippen molar-refractivity contribution in [3.05, 3.63) is 240 Å². The molecule has 4 nitrogen and oxygen atoms in total. The minimum Gasteiger partial charge on any atom is -0.455 e. The summed E-state index contributed by atoms with van der Waals surface area (Å²) < 4.78 is 13.2. The van der Waals surface area contributed by atoms with E-state index in [9.17, 15) is 0 Å². The fraction of sp³-hybridized carbons (Fsp3) is 0.111. The summed E-state index contributed by atoms with van der Waals surface area (Å²) >= 11 is 0. The first-order chi connectivity index (χ1) is 37.3. The molecule has 0 unspecified atom stereocenters. The maximum Gasteiger partial charge on any atom is 0.143 e. The predicted octanol–water partition coefficient (Wildman–Crippen LogP) is 21.0. The van der Waals surface area contributed by atoms with Crippen molar-refractivity contribution in [3.63, 3.8) is 0 Å². The van der Waals surface area contributed by atoms with Crippen molar-refractivity contribution in [2.75, 3.05) is 9.80 Å². The molecule has 366 valence electrons. The summed E-state index contributed by atoms with van der Waals surface area (Å²) in [6, 6.07) is 75.6. The lowest BCUT2D eigenvalue weighted by Crippen LogP contribution is -2.15. The molecule has 0 N–H and O–H groups in total. The van der Waals surface area contributed by atoms with Crippen LogP contribution in [-0.2, 0) is 12.8 Å². The fourth-order valence-electron chi connectivity index (χ4n) is 12.9. The van der Waals surface area contributed by atoms with Crippen molar-refractivity contribution >= 4 is 110 Å². The van der Waals surface area contributed by atoms with Crippen molar-refractivity contribution in [3.8, 4) is 22.3 Å². The molecule has 0 aliphatic rings. The second kappa shape index (κ2) is 17.8. The Labute approximate surface area is 443 Å². The summed E-state index contributed by atoms with van der Waals surface area (Å²) in [6.07, 6.45) is 1.77. The number of hydrogen-bond acceptors (Lipinski definition) is 4. The van der Waals surface area contributed by atoms with E-state index >= 15 is 0 Å². The minimum absolute atomic E-state index is 0.887. The SMILES string of the molecule is CCc1cc(N(c2ccccc2)c2c(C)cc(-c3cccc4c3oc3ccccc34)cc2C)c2ccc3c(CC)cc(N(c4ccccc4)c4c(C)cc(-c5cccc6c5oc5ccccc56)cc4C)c4ccc1c2c34. The first-order valence-corrected chi connectivity index (χ1v) is 26.8. The van der Waals surface area contributed by atoms with Gasteiger partial charge in [0.2, 0.25) is 0 Å². The minimum atomic E-state index is 0.887. The first-order valence-electron chi connectivity index (χ1n) is 26.8. The number of para-hydroxylation sites is 6. The molecule has 4 heteroatoms. The lowest BCUT2D eigenvalue weighted by molar-refractivity contribution is 0.669. The molecule has 14 rings (SSSR count). The Balaban J connectivity index is 0.983. The standard InChI is InChI=1S/C72H56N2O2/c1-7-47-41-63(73(51-21-11-9-12-22-51)69-43(3)37-49(38-44(69)4)55-27-19-29-59-57-25-15-17-31-65(57)75-71(55)59)61-36-34-54-48(8-2)42-64(62-35-33-53(47)67(61)68(54)62)74(52-23-13-10-14-24-52)70-45(5)39-50(40-46(70)6)56-28-20-30-60-58-26-16-18-32-66(58)76-72(56)60/h9-42H,7-8H2,1-6H3. The molecule has 0 atom stereocenters. The third-order valence-electron chi connectivity index (χ3n) is 16.2. The van der Waals surface area contributed by atoms with Crippen LogP contribution in [0, 0.1) is 27.7 Å². The van der Waals surface area contributed by atoms with E-state index in [0.29, 0.717) is 0 Å². The van der Waals surface area contributed by atoms with Crippen molar-refractivity contribution in [1.29, 1.82) is 0 Å². The molecule has 76 heavy (non-hydrogen) atoms. The zero-order valence-electron chi connectivity index (χ0n) is 43.8. The van der Waals surface area contributed by atoms with Gasteiger partial charge in [-0.3, -0.25) is 0 Å². The average Bonchev–Trinajstić information content (AvgIpc) is 4.13. The van der Waals surface area contributed by atoms with Crippen molar-refractivity contribution < 1.29 is 8.83 Å². The molecule has 0 saturated carbocycles. The van der Waals surface area contributed by atoms with Gasteiger partial charge in [0.05, 0.1) is 22.7 Å². The Morgan fingerprint density at radius 1 is 0.329 bits per heavy atom. The summed E-state index contributed by atoms with van der Waals surface area (Å²) in [5.41, 5.74) is 22.5. The van der Waals surface area contributed by atoms with Gasteiger partial charge in [0, 0.05) is 54.8 Å². The number of anilines is 6. The molecule has 0 aliphatic carbocycles. The van der Waals surface area contributed by atoms with E-state index in [1.54, 1.807) is 0 Å². The Morgan fingerprint density at radius 2 is 0.684 bits per heavy atom. The maximum absolute atomic E-state index is 6.59. The van der Waals surface area contributed by atoms with Gasteiger partial charge in [-0.05, 0) is 179 Å². The van der Waals surface area contributed by atoms with Crippen LogP contribution < -0.4 is 9.80 Å². The molecule has 0 aliphatic heterocycles. The highest BCUT2D eigenvalue weighted by atomic mass is 16.3. The lowest BCUT2D eigenvalue weighted by Gasteiger charge is -2.33. The Hall–Kier alpha value is -9.12. The molecule has 14 aromatic rings. The summed E-state index contributed by atoms with van der Waals surface area (Å²) in [6.45, 7) is 13.7. The molecule has 2 aromatic heterocycles. The van der Waals surface area contributed by atoms with Crippen LogP contribution in [0.2, 0.25) is 0 Å². The number of rotatable bonds is 10. The van der Waals surface area contributed by atoms with E-state index in [1.807, 2.05) is 12.1 Å². The van der Waals surface area contributed by atoms with Crippen LogP contribution in [0.25, 0.3) is 98.4 Å². The third-order valence-corrected chi connectivity index (χ3v) is 16.2. The van der Waals surface area contributed by atoms with Gasteiger partial charge in [-0.1, -0.05) is 147 Å². The van der Waals surface area contributed by atoms with E-state index in [2.05, 4.69) is 245 Å². The summed E-state index contributed by atoms with van der Waals surface area (Å²) in [5.74, 6) is 0. The largest absolute Gasteiger partial charge is 0.455 e. The molecular formula is C72H56N2O2. The van der Waals surface area contributed by atoms with Gasteiger partial charge in [0.15, 0.2) is 0 Å². The van der Waals surface area contributed by atoms with Crippen LogP contribution in [0.3, 0.4) is 0 Å². The van der Waals surface area contributed by atoms with Crippen molar-refractivity contribution in [2.24, 2.45) is 0 Å². The summed E-state index contributed by atoms with van der Waals surface area (Å²) in [4.78, 5) is 5.05. The van der Waals surface area contributed by atoms with Crippen LogP contribution in [-0.4, -0.2) is 0 Å². The quantitative estimate of drug-likeness (QED) is 0.128. The van der Waals surface area contributed by atoms with Crippen LogP contribution >= 0.6 is 0 Å². The Bertz CT molecular complexity index is 4260. The Kier molecular flexibility index (Phi) is 10.6. The van der Waals surface area contributed by atoms with E-state index in [1.165, 1.54) is 88.4 Å². The fourth-order valence-corrected chi connectivity index (χ4v) is 12.9. The molecule has 0 bridgehead atoms. The summed E-state index contributed by atoms with van der Waals surface area (Å²) in [7, 11) is 0. The van der Waals surface area contributed by atoms with Crippen LogP contribution in [0.4, 0.5) is 34.1 Å². The van der Waals surface area contributed by atoms with E-state index in [4.69, 9.17) is 8.83 Å². The smallest absolute Gasteiger partial charge is 0.143 e. The molecule has 0 amide bonds. The highest BCUT2D eigenvalue weighted by Gasteiger charge is 2.28.